The van der Waals surface area contributed by atoms with Crippen molar-refractivity contribution in [3.05, 3.63) is 54.4 Å². The zero-order valence-electron chi connectivity index (χ0n) is 14.1. The van der Waals surface area contributed by atoms with Gasteiger partial charge in [0.25, 0.3) is 0 Å². The van der Waals surface area contributed by atoms with Gasteiger partial charge in [0, 0.05) is 36.3 Å². The maximum Gasteiger partial charge on any atom is 0.224 e. The molecule has 0 saturated heterocycles. The highest BCUT2D eigenvalue weighted by atomic mass is 32.2. The average Bonchev–Trinajstić information content (AvgIpc) is 2.55. The van der Waals surface area contributed by atoms with Gasteiger partial charge in [-0.1, -0.05) is 12.1 Å². The van der Waals surface area contributed by atoms with Gasteiger partial charge in [-0.3, -0.25) is 9.78 Å². The highest BCUT2D eigenvalue weighted by molar-refractivity contribution is 7.90. The fourth-order valence-corrected chi connectivity index (χ4v) is 2.56. The van der Waals surface area contributed by atoms with E-state index < -0.39 is 9.84 Å². The predicted octanol–water partition coefficient (Wildman–Crippen LogP) is 2.47. The van der Waals surface area contributed by atoms with Crippen LogP contribution in [0.2, 0.25) is 0 Å². The summed E-state index contributed by atoms with van der Waals surface area (Å²) in [6, 6.07) is 12.6. The van der Waals surface area contributed by atoms with Crippen molar-refractivity contribution in [3.8, 4) is 5.75 Å². The molecule has 0 atom stereocenters. The molecule has 0 fully saturated rings. The highest BCUT2D eigenvalue weighted by Crippen LogP contribution is 2.18. The number of pyridine rings is 1. The average molecular weight is 362 g/mol. The Kier molecular flexibility index (Phi) is 6.94. The van der Waals surface area contributed by atoms with Crippen LogP contribution in [0, 0.1) is 0 Å². The number of amides is 1. The highest BCUT2D eigenvalue weighted by Gasteiger charge is 2.06. The van der Waals surface area contributed by atoms with Gasteiger partial charge in [0.1, 0.15) is 12.4 Å². The largest absolute Gasteiger partial charge is 0.492 e. The summed E-state index contributed by atoms with van der Waals surface area (Å²) >= 11 is 0. The van der Waals surface area contributed by atoms with Crippen LogP contribution in [0.15, 0.2) is 48.7 Å². The van der Waals surface area contributed by atoms with Crippen LogP contribution in [0.1, 0.15) is 18.5 Å². The minimum absolute atomic E-state index is 0.0445. The molecule has 2 aromatic rings. The van der Waals surface area contributed by atoms with Crippen molar-refractivity contribution in [1.29, 1.82) is 0 Å². The molecular formula is C18H22N2O4S. The maximum atomic E-state index is 12.0. The molecule has 1 aromatic heterocycles. The third kappa shape index (κ3) is 7.80. The molecule has 7 heteroatoms. The van der Waals surface area contributed by atoms with Gasteiger partial charge >= 0.3 is 0 Å². The Hall–Kier alpha value is -2.41. The van der Waals surface area contributed by atoms with E-state index in [4.69, 9.17) is 4.74 Å². The van der Waals surface area contributed by atoms with Gasteiger partial charge < -0.3 is 10.1 Å². The molecule has 0 spiro atoms. The van der Waals surface area contributed by atoms with Gasteiger partial charge in [-0.05, 0) is 37.1 Å². The summed E-state index contributed by atoms with van der Waals surface area (Å²) in [5.41, 5.74) is 1.59. The van der Waals surface area contributed by atoms with Crippen LogP contribution in [0.3, 0.4) is 0 Å². The number of aromatic nitrogens is 1. The minimum atomic E-state index is -3.06. The fraction of sp³-hybridized carbons (Fsp3) is 0.333. The molecule has 2 rings (SSSR count). The first-order valence-corrected chi connectivity index (χ1v) is 10.1. The smallest absolute Gasteiger partial charge is 0.224 e. The van der Waals surface area contributed by atoms with Gasteiger partial charge in [-0.25, -0.2) is 8.42 Å². The number of carbonyl (C=O) groups is 1. The molecule has 25 heavy (non-hydrogen) atoms. The van der Waals surface area contributed by atoms with Crippen molar-refractivity contribution in [2.45, 2.75) is 19.3 Å². The molecule has 1 amide bonds. The van der Waals surface area contributed by atoms with Crippen molar-refractivity contribution in [1.82, 2.24) is 4.98 Å². The SMILES string of the molecule is CS(=O)(=O)CCOc1cccc(NC(=O)CCCc2ccccn2)c1. The number of sulfone groups is 1. The van der Waals surface area contributed by atoms with Crippen LogP contribution < -0.4 is 10.1 Å². The second kappa shape index (κ2) is 9.17. The van der Waals surface area contributed by atoms with E-state index in [0.29, 0.717) is 24.3 Å². The molecule has 1 N–H and O–H groups in total. The van der Waals surface area contributed by atoms with Crippen molar-refractivity contribution in [3.63, 3.8) is 0 Å². The molecule has 0 saturated carbocycles. The number of ether oxygens (including phenoxy) is 1. The number of aryl methyl sites for hydroxylation is 1. The molecular weight excluding hydrogens is 340 g/mol. The Bertz CT molecular complexity index is 792. The molecule has 0 aliphatic rings. The van der Waals surface area contributed by atoms with Crippen LogP contribution in [-0.2, 0) is 21.1 Å². The summed E-state index contributed by atoms with van der Waals surface area (Å²) in [6.07, 6.45) is 4.77. The monoisotopic (exact) mass is 362 g/mol. The molecule has 1 heterocycles. The van der Waals surface area contributed by atoms with Crippen LogP contribution >= 0.6 is 0 Å². The van der Waals surface area contributed by atoms with Crippen LogP contribution in [0.25, 0.3) is 0 Å². The standard InChI is InChI=1S/C18H22N2O4S/c1-25(22,23)13-12-24-17-9-4-8-16(14-17)20-18(21)10-5-7-15-6-2-3-11-19-15/h2-4,6,8-9,11,14H,5,7,10,12-13H2,1H3,(H,20,21). The van der Waals surface area contributed by atoms with Crippen molar-refractivity contribution in [2.75, 3.05) is 23.9 Å². The van der Waals surface area contributed by atoms with Gasteiger partial charge in [0.2, 0.25) is 5.91 Å². The first-order chi connectivity index (χ1) is 11.9. The molecule has 0 bridgehead atoms. The molecule has 134 valence electrons. The zero-order chi connectivity index (χ0) is 18.1. The minimum Gasteiger partial charge on any atom is -0.492 e. The molecule has 0 unspecified atom stereocenters. The quantitative estimate of drug-likeness (QED) is 0.741. The second-order valence-corrected chi connectivity index (χ2v) is 7.99. The lowest BCUT2D eigenvalue weighted by molar-refractivity contribution is -0.116. The maximum absolute atomic E-state index is 12.0. The molecule has 0 radical (unpaired) electrons. The van der Waals surface area contributed by atoms with E-state index in [-0.39, 0.29) is 18.3 Å². The fourth-order valence-electron chi connectivity index (χ4n) is 2.17. The third-order valence-electron chi connectivity index (χ3n) is 3.40. The molecule has 1 aromatic carbocycles. The normalized spacial score (nSPS) is 11.1. The number of hydrogen-bond acceptors (Lipinski definition) is 5. The second-order valence-electron chi connectivity index (χ2n) is 5.73. The molecule has 6 nitrogen and oxygen atoms in total. The van der Waals surface area contributed by atoms with Gasteiger partial charge in [0.05, 0.1) is 5.75 Å². The van der Waals surface area contributed by atoms with Crippen LogP contribution in [-0.4, -0.2) is 37.9 Å². The van der Waals surface area contributed by atoms with E-state index >= 15 is 0 Å². The lowest BCUT2D eigenvalue weighted by atomic mass is 10.1. The Morgan fingerprint density at radius 3 is 2.76 bits per heavy atom. The van der Waals surface area contributed by atoms with E-state index in [1.54, 1.807) is 30.5 Å². The number of nitrogens with one attached hydrogen (secondary N) is 1. The summed E-state index contributed by atoms with van der Waals surface area (Å²) in [6.45, 7) is 0.0836. The summed E-state index contributed by atoms with van der Waals surface area (Å²) in [4.78, 5) is 16.2. The number of rotatable bonds is 9. The number of hydrogen-bond donors (Lipinski definition) is 1. The predicted molar refractivity (Wildman–Crippen MR) is 97.5 cm³/mol. The lowest BCUT2D eigenvalue weighted by Crippen LogP contribution is -2.13. The molecule has 0 aliphatic carbocycles. The summed E-state index contributed by atoms with van der Waals surface area (Å²) < 4.78 is 27.6. The Balaban J connectivity index is 1.77. The summed E-state index contributed by atoms with van der Waals surface area (Å²) in [7, 11) is -3.06. The van der Waals surface area contributed by atoms with Crippen LogP contribution in [0.4, 0.5) is 5.69 Å². The summed E-state index contributed by atoms with van der Waals surface area (Å²) in [5, 5.41) is 2.82. The van der Waals surface area contributed by atoms with E-state index in [2.05, 4.69) is 10.3 Å². The first kappa shape index (κ1) is 18.9. The van der Waals surface area contributed by atoms with Gasteiger partial charge in [0.15, 0.2) is 9.84 Å². The van der Waals surface area contributed by atoms with Crippen LogP contribution in [0.5, 0.6) is 5.75 Å². The topological polar surface area (TPSA) is 85.4 Å². The number of nitrogens with zero attached hydrogens (tertiary/aromatic N) is 1. The van der Waals surface area contributed by atoms with Crippen molar-refractivity contribution in [2.24, 2.45) is 0 Å². The Morgan fingerprint density at radius 2 is 2.04 bits per heavy atom. The zero-order valence-corrected chi connectivity index (χ0v) is 15.0. The van der Waals surface area contributed by atoms with E-state index in [1.165, 1.54) is 0 Å². The summed E-state index contributed by atoms with van der Waals surface area (Å²) in [5.74, 6) is 0.399. The number of anilines is 1. The van der Waals surface area contributed by atoms with E-state index in [0.717, 1.165) is 18.4 Å². The Labute approximate surface area is 148 Å². The molecule has 0 aliphatic heterocycles. The lowest BCUT2D eigenvalue weighted by Gasteiger charge is -2.09. The van der Waals surface area contributed by atoms with Gasteiger partial charge in [-0.2, -0.15) is 0 Å². The van der Waals surface area contributed by atoms with Crippen molar-refractivity contribution < 1.29 is 17.9 Å². The van der Waals surface area contributed by atoms with Gasteiger partial charge in [-0.15, -0.1) is 0 Å². The van der Waals surface area contributed by atoms with Crippen molar-refractivity contribution >= 4 is 21.4 Å². The Morgan fingerprint density at radius 1 is 1.20 bits per heavy atom. The first-order valence-electron chi connectivity index (χ1n) is 8.03. The number of benzene rings is 1. The van der Waals surface area contributed by atoms with E-state index in [1.807, 2.05) is 18.2 Å². The van der Waals surface area contributed by atoms with E-state index in [9.17, 15) is 13.2 Å². The number of carbonyl (C=O) groups excluding carboxylic acids is 1. The third-order valence-corrected chi connectivity index (χ3v) is 4.31.